The maximum Gasteiger partial charge on any atom is 0.253 e. The number of nitrogens with zero attached hydrogens (tertiary/aromatic N) is 2. The van der Waals surface area contributed by atoms with E-state index in [1.807, 2.05) is 4.90 Å². The summed E-state index contributed by atoms with van der Waals surface area (Å²) in [7, 11) is -1.18. The van der Waals surface area contributed by atoms with Gasteiger partial charge in [0.1, 0.15) is 0 Å². The van der Waals surface area contributed by atoms with Crippen LogP contribution in [0.15, 0.2) is 24.3 Å². The predicted molar refractivity (Wildman–Crippen MR) is 94.6 cm³/mol. The van der Waals surface area contributed by atoms with Crippen molar-refractivity contribution < 1.29 is 13.2 Å². The number of hydrogen-bond acceptors (Lipinski definition) is 4. The number of nitrogens with one attached hydrogen (secondary N) is 1. The third-order valence-corrected chi connectivity index (χ3v) is 6.80. The Labute approximate surface area is 143 Å². The second-order valence-corrected chi connectivity index (χ2v) is 8.65. The zero-order valence-electron chi connectivity index (χ0n) is 14.2. The van der Waals surface area contributed by atoms with Gasteiger partial charge in [0.2, 0.25) is 10.0 Å². The van der Waals surface area contributed by atoms with Gasteiger partial charge in [0.15, 0.2) is 0 Å². The minimum absolute atomic E-state index is 0.0126. The molecule has 2 fully saturated rings. The Hall–Kier alpha value is -1.60. The number of carbonyl (C=O) groups excluding carboxylic acids is 1. The normalized spacial score (nSPS) is 21.3. The lowest BCUT2D eigenvalue weighted by Gasteiger charge is -2.23. The molecular formula is C17H25N3O3S. The van der Waals surface area contributed by atoms with Crippen molar-refractivity contribution in [1.82, 2.24) is 9.80 Å². The molecule has 7 heteroatoms. The average Bonchev–Trinajstić information content (AvgIpc) is 3.33. The average molecular weight is 351 g/mol. The first-order valence-electron chi connectivity index (χ1n) is 8.52. The standard InChI is InChI=1S/C17H25N3O3S/c1-3-19(2)15-10-11-20(12-15)17(21)13-4-6-14(7-5-13)18-24(22,23)16-8-9-16/h4-7,15-16,18H,3,8-12H2,1-2H3. The topological polar surface area (TPSA) is 69.7 Å². The Morgan fingerprint density at radius 3 is 2.50 bits per heavy atom. The lowest BCUT2D eigenvalue weighted by molar-refractivity contribution is 0.0781. The van der Waals surface area contributed by atoms with Gasteiger partial charge in [0.25, 0.3) is 5.91 Å². The summed E-state index contributed by atoms with van der Waals surface area (Å²) in [5, 5.41) is -0.254. The number of benzene rings is 1. The molecular weight excluding hydrogens is 326 g/mol. The molecule has 1 aromatic rings. The minimum atomic E-state index is -3.26. The zero-order chi connectivity index (χ0) is 17.3. The van der Waals surface area contributed by atoms with Gasteiger partial charge in [-0.3, -0.25) is 9.52 Å². The van der Waals surface area contributed by atoms with E-state index >= 15 is 0 Å². The van der Waals surface area contributed by atoms with E-state index in [0.29, 0.717) is 17.3 Å². The zero-order valence-corrected chi connectivity index (χ0v) is 15.1. The van der Waals surface area contributed by atoms with Gasteiger partial charge in [0, 0.05) is 30.4 Å². The molecule has 1 saturated heterocycles. The summed E-state index contributed by atoms with van der Waals surface area (Å²) >= 11 is 0. The Morgan fingerprint density at radius 2 is 1.92 bits per heavy atom. The van der Waals surface area contributed by atoms with Gasteiger partial charge >= 0.3 is 0 Å². The van der Waals surface area contributed by atoms with Crippen molar-refractivity contribution in [3.8, 4) is 0 Å². The summed E-state index contributed by atoms with van der Waals surface area (Å²) in [6, 6.07) is 7.15. The molecule has 1 unspecified atom stereocenters. The van der Waals surface area contributed by atoms with Crippen LogP contribution in [0.4, 0.5) is 5.69 Å². The monoisotopic (exact) mass is 351 g/mol. The van der Waals surface area contributed by atoms with Crippen molar-refractivity contribution in [2.24, 2.45) is 0 Å². The molecule has 0 radical (unpaired) electrons. The van der Waals surface area contributed by atoms with Gasteiger partial charge in [-0.15, -0.1) is 0 Å². The van der Waals surface area contributed by atoms with Crippen LogP contribution in [0.1, 0.15) is 36.5 Å². The van der Waals surface area contributed by atoms with Crippen molar-refractivity contribution >= 4 is 21.6 Å². The highest BCUT2D eigenvalue weighted by molar-refractivity contribution is 7.93. The highest BCUT2D eigenvalue weighted by atomic mass is 32.2. The molecule has 0 aromatic heterocycles. The number of rotatable bonds is 6. The summed E-state index contributed by atoms with van der Waals surface area (Å²) in [5.41, 5.74) is 1.12. The third kappa shape index (κ3) is 3.72. The molecule has 6 nitrogen and oxygen atoms in total. The molecule has 1 N–H and O–H groups in total. The summed E-state index contributed by atoms with van der Waals surface area (Å²) in [5.74, 6) is 0.0126. The summed E-state index contributed by atoms with van der Waals surface area (Å²) in [4.78, 5) is 16.7. The fourth-order valence-electron chi connectivity index (χ4n) is 3.03. The fourth-order valence-corrected chi connectivity index (χ4v) is 4.42. The first-order chi connectivity index (χ1) is 11.4. The summed E-state index contributed by atoms with van der Waals surface area (Å²) in [6.45, 7) is 4.61. The van der Waals surface area contributed by atoms with Crippen molar-refractivity contribution in [2.75, 3.05) is 31.4 Å². The first kappa shape index (κ1) is 17.2. The van der Waals surface area contributed by atoms with Gasteiger partial charge in [-0.1, -0.05) is 6.92 Å². The van der Waals surface area contributed by atoms with Crippen LogP contribution in [-0.2, 0) is 10.0 Å². The van der Waals surface area contributed by atoms with Gasteiger partial charge < -0.3 is 9.80 Å². The molecule has 1 saturated carbocycles. The molecule has 1 aliphatic carbocycles. The summed E-state index contributed by atoms with van der Waals surface area (Å²) < 4.78 is 26.4. The van der Waals surface area contributed by atoms with E-state index in [-0.39, 0.29) is 11.2 Å². The van der Waals surface area contributed by atoms with Crippen LogP contribution in [0.5, 0.6) is 0 Å². The molecule has 1 atom stereocenters. The molecule has 0 bridgehead atoms. The van der Waals surface area contributed by atoms with E-state index in [4.69, 9.17) is 0 Å². The molecule has 1 amide bonds. The highest BCUT2D eigenvalue weighted by Gasteiger charge is 2.35. The van der Waals surface area contributed by atoms with E-state index in [1.165, 1.54) is 0 Å². The van der Waals surface area contributed by atoms with Crippen LogP contribution >= 0.6 is 0 Å². The Balaban J connectivity index is 1.62. The molecule has 3 rings (SSSR count). The van der Waals surface area contributed by atoms with Gasteiger partial charge in [-0.25, -0.2) is 8.42 Å². The number of hydrogen-bond donors (Lipinski definition) is 1. The van der Waals surface area contributed by atoms with Crippen LogP contribution < -0.4 is 4.72 Å². The summed E-state index contributed by atoms with van der Waals surface area (Å²) in [6.07, 6.45) is 2.46. The van der Waals surface area contributed by atoms with Crippen LogP contribution in [-0.4, -0.2) is 62.1 Å². The number of anilines is 1. The smallest absolute Gasteiger partial charge is 0.253 e. The van der Waals surface area contributed by atoms with Crippen molar-refractivity contribution in [2.45, 2.75) is 37.5 Å². The number of carbonyl (C=O) groups is 1. The maximum atomic E-state index is 12.6. The lowest BCUT2D eigenvalue weighted by atomic mass is 10.2. The first-order valence-corrected chi connectivity index (χ1v) is 10.1. The Kier molecular flexibility index (Phi) is 4.83. The predicted octanol–water partition coefficient (Wildman–Crippen LogP) is 1.76. The van der Waals surface area contributed by atoms with Crippen molar-refractivity contribution in [3.63, 3.8) is 0 Å². The quantitative estimate of drug-likeness (QED) is 0.848. The Bertz CT molecular complexity index is 698. The maximum absolute atomic E-state index is 12.6. The second kappa shape index (κ2) is 6.72. The van der Waals surface area contributed by atoms with Gasteiger partial charge in [-0.05, 0) is 57.1 Å². The van der Waals surface area contributed by atoms with Crippen molar-refractivity contribution in [3.05, 3.63) is 29.8 Å². The third-order valence-electron chi connectivity index (χ3n) is 4.93. The van der Waals surface area contributed by atoms with E-state index in [2.05, 4.69) is 23.6 Å². The molecule has 0 spiro atoms. The van der Waals surface area contributed by atoms with Gasteiger partial charge in [-0.2, -0.15) is 0 Å². The number of likely N-dealkylation sites (tertiary alicyclic amines) is 1. The van der Waals surface area contributed by atoms with Crippen LogP contribution in [0.3, 0.4) is 0 Å². The van der Waals surface area contributed by atoms with Crippen LogP contribution in [0, 0.1) is 0 Å². The van der Waals surface area contributed by atoms with Crippen molar-refractivity contribution in [1.29, 1.82) is 0 Å². The van der Waals surface area contributed by atoms with Crippen LogP contribution in [0.2, 0.25) is 0 Å². The van der Waals surface area contributed by atoms with E-state index in [0.717, 1.165) is 38.9 Å². The molecule has 2 aliphatic rings. The molecule has 132 valence electrons. The molecule has 1 aromatic carbocycles. The lowest BCUT2D eigenvalue weighted by Crippen LogP contribution is -2.36. The number of likely N-dealkylation sites (N-methyl/N-ethyl adjacent to an activating group) is 1. The SMILES string of the molecule is CCN(C)C1CCN(C(=O)c2ccc(NS(=O)(=O)C3CC3)cc2)C1. The molecule has 24 heavy (non-hydrogen) atoms. The fraction of sp³-hybridized carbons (Fsp3) is 0.588. The Morgan fingerprint density at radius 1 is 1.25 bits per heavy atom. The number of amides is 1. The minimum Gasteiger partial charge on any atom is -0.337 e. The number of sulfonamides is 1. The second-order valence-electron chi connectivity index (χ2n) is 6.69. The largest absolute Gasteiger partial charge is 0.337 e. The van der Waals surface area contributed by atoms with Crippen LogP contribution in [0.25, 0.3) is 0 Å². The van der Waals surface area contributed by atoms with E-state index in [1.54, 1.807) is 24.3 Å². The highest BCUT2D eigenvalue weighted by Crippen LogP contribution is 2.29. The van der Waals surface area contributed by atoms with E-state index < -0.39 is 10.0 Å². The molecule has 1 heterocycles. The van der Waals surface area contributed by atoms with Gasteiger partial charge in [0.05, 0.1) is 5.25 Å². The van der Waals surface area contributed by atoms with E-state index in [9.17, 15) is 13.2 Å². The molecule has 1 aliphatic heterocycles.